The topological polar surface area (TPSA) is 83.5 Å². The Kier molecular flexibility index (Phi) is 6.13. The summed E-state index contributed by atoms with van der Waals surface area (Å²) in [4.78, 5) is 30.3. The molecule has 1 saturated heterocycles. The molecule has 3 aliphatic rings. The summed E-state index contributed by atoms with van der Waals surface area (Å²) in [5.41, 5.74) is 5.80. The first kappa shape index (κ1) is 24.2. The summed E-state index contributed by atoms with van der Waals surface area (Å²) >= 11 is 0. The lowest BCUT2D eigenvalue weighted by atomic mass is 10.1. The van der Waals surface area contributed by atoms with Gasteiger partial charge in [-0.2, -0.15) is 0 Å². The van der Waals surface area contributed by atoms with Gasteiger partial charge in [-0.3, -0.25) is 4.98 Å². The number of pyridine rings is 1. The number of amides is 2. The Balaban J connectivity index is 1.08. The molecule has 0 radical (unpaired) electrons. The minimum atomic E-state index is -4.76. The highest BCUT2D eigenvalue weighted by Crippen LogP contribution is 2.40. The van der Waals surface area contributed by atoms with Crippen molar-refractivity contribution in [2.45, 2.75) is 31.5 Å². The maximum atomic E-state index is 12.7. The number of aromatic nitrogens is 3. The van der Waals surface area contributed by atoms with E-state index in [4.69, 9.17) is 0 Å². The number of hydrogen-bond donors (Lipinski definition) is 1. The fourth-order valence-electron chi connectivity index (χ4n) is 4.83. The number of alkyl halides is 3. The Labute approximate surface area is 217 Å². The van der Waals surface area contributed by atoms with Crippen LogP contribution in [0.3, 0.4) is 0 Å². The number of allylic oxidation sites excluding steroid dienone is 1. The van der Waals surface area contributed by atoms with Crippen LogP contribution < -0.4 is 15.0 Å². The van der Waals surface area contributed by atoms with E-state index in [0.29, 0.717) is 37.8 Å². The molecule has 2 amide bonds. The molecule has 11 heteroatoms. The molecule has 1 saturated carbocycles. The molecule has 38 heavy (non-hydrogen) atoms. The van der Waals surface area contributed by atoms with Gasteiger partial charge < -0.3 is 19.9 Å². The van der Waals surface area contributed by atoms with Crippen LogP contribution in [0, 0.1) is 0 Å². The van der Waals surface area contributed by atoms with E-state index in [0.717, 1.165) is 41.2 Å². The van der Waals surface area contributed by atoms with Crippen LogP contribution in [0.2, 0.25) is 0 Å². The van der Waals surface area contributed by atoms with E-state index in [1.54, 1.807) is 11.2 Å². The normalized spacial score (nSPS) is 17.2. The molecular formula is C27H25F3N6O2. The molecule has 3 aromatic rings. The molecule has 0 spiro atoms. The highest BCUT2D eigenvalue weighted by atomic mass is 19.4. The van der Waals surface area contributed by atoms with E-state index >= 15 is 0 Å². The molecule has 2 aromatic heterocycles. The van der Waals surface area contributed by atoms with Crippen LogP contribution in [0.15, 0.2) is 48.9 Å². The molecule has 1 aromatic carbocycles. The van der Waals surface area contributed by atoms with Gasteiger partial charge in [0.05, 0.1) is 5.69 Å². The number of piperazine rings is 1. The third-order valence-corrected chi connectivity index (χ3v) is 6.98. The number of urea groups is 1. The molecule has 0 bridgehead atoms. The van der Waals surface area contributed by atoms with Crippen LogP contribution in [0.25, 0.3) is 11.6 Å². The second-order valence-electron chi connectivity index (χ2n) is 9.63. The number of benzene rings is 1. The lowest BCUT2D eigenvalue weighted by Crippen LogP contribution is -2.50. The summed E-state index contributed by atoms with van der Waals surface area (Å²) in [7, 11) is 0. The Hall–Kier alpha value is -4.15. The van der Waals surface area contributed by atoms with Crippen molar-refractivity contribution in [3.63, 3.8) is 0 Å². The van der Waals surface area contributed by atoms with Crippen LogP contribution in [0.4, 0.5) is 29.5 Å². The molecule has 1 N–H and O–H groups in total. The minimum Gasteiger partial charge on any atom is -0.406 e. The number of nitrogens with zero attached hydrogens (tertiary/aromatic N) is 5. The maximum Gasteiger partial charge on any atom is 0.573 e. The first-order valence-electron chi connectivity index (χ1n) is 12.5. The molecule has 2 fully saturated rings. The quantitative estimate of drug-likeness (QED) is 0.502. The SMILES string of the molecule is O=C(Nc1ccc(OC(F)(F)F)cc1)N1CCN(c2ncnc3c2C=C(c2ccc(C4CC4)nc2)C3)CC1. The summed E-state index contributed by atoms with van der Waals surface area (Å²) in [6.45, 7) is 2.14. The Morgan fingerprint density at radius 2 is 1.74 bits per heavy atom. The van der Waals surface area contributed by atoms with Crippen LogP contribution in [0.5, 0.6) is 5.75 Å². The number of halogens is 3. The van der Waals surface area contributed by atoms with Crippen LogP contribution >= 0.6 is 0 Å². The van der Waals surface area contributed by atoms with Gasteiger partial charge in [0.1, 0.15) is 17.9 Å². The third-order valence-electron chi connectivity index (χ3n) is 6.98. The van der Waals surface area contributed by atoms with Crippen molar-refractivity contribution in [3.05, 3.63) is 71.4 Å². The molecule has 6 rings (SSSR count). The predicted molar refractivity (Wildman–Crippen MR) is 136 cm³/mol. The molecule has 0 unspecified atom stereocenters. The summed E-state index contributed by atoms with van der Waals surface area (Å²) in [6, 6.07) is 9.02. The van der Waals surface area contributed by atoms with Gasteiger partial charge in [0.15, 0.2) is 0 Å². The van der Waals surface area contributed by atoms with Crippen molar-refractivity contribution >= 4 is 29.2 Å². The van der Waals surface area contributed by atoms with Gasteiger partial charge in [-0.1, -0.05) is 6.07 Å². The first-order valence-corrected chi connectivity index (χ1v) is 12.5. The van der Waals surface area contributed by atoms with E-state index in [1.807, 2.05) is 6.20 Å². The van der Waals surface area contributed by atoms with Gasteiger partial charge >= 0.3 is 12.4 Å². The highest BCUT2D eigenvalue weighted by molar-refractivity contribution is 5.91. The van der Waals surface area contributed by atoms with Gasteiger partial charge in [-0.25, -0.2) is 14.8 Å². The van der Waals surface area contributed by atoms with Gasteiger partial charge in [0.25, 0.3) is 0 Å². The van der Waals surface area contributed by atoms with Gasteiger partial charge in [-0.15, -0.1) is 13.2 Å². The predicted octanol–water partition coefficient (Wildman–Crippen LogP) is 5.10. The summed E-state index contributed by atoms with van der Waals surface area (Å²) in [5, 5.41) is 2.73. The average molecular weight is 523 g/mol. The van der Waals surface area contributed by atoms with E-state index in [2.05, 4.69) is 48.1 Å². The molecule has 8 nitrogen and oxygen atoms in total. The van der Waals surface area contributed by atoms with E-state index in [9.17, 15) is 18.0 Å². The van der Waals surface area contributed by atoms with Gasteiger partial charge in [0, 0.05) is 61.7 Å². The van der Waals surface area contributed by atoms with Crippen molar-refractivity contribution in [1.29, 1.82) is 0 Å². The number of hydrogen-bond acceptors (Lipinski definition) is 6. The molecule has 1 aliphatic heterocycles. The Morgan fingerprint density at radius 3 is 2.39 bits per heavy atom. The zero-order valence-corrected chi connectivity index (χ0v) is 20.4. The first-order chi connectivity index (χ1) is 18.3. The fourth-order valence-corrected chi connectivity index (χ4v) is 4.83. The number of fused-ring (bicyclic) bond motifs is 1. The molecule has 3 heterocycles. The van der Waals surface area contributed by atoms with E-state index in [-0.39, 0.29) is 11.8 Å². The standard InChI is InChI=1S/C27H25F3N6O2/c28-27(29,30)38-21-6-4-20(5-7-21)34-26(37)36-11-9-35(10-12-36)25-22-13-19(14-24(22)32-16-33-25)18-3-8-23(31-15-18)17-1-2-17/h3-8,13,15-17H,1-2,9-12,14H2,(H,34,37). The number of anilines is 2. The molecule has 2 aliphatic carbocycles. The number of carbonyl (C=O) groups is 1. The zero-order chi connectivity index (χ0) is 26.3. The van der Waals surface area contributed by atoms with E-state index < -0.39 is 6.36 Å². The molecule has 0 atom stereocenters. The van der Waals surface area contributed by atoms with E-state index in [1.165, 1.54) is 36.2 Å². The number of carbonyl (C=O) groups excluding carboxylic acids is 1. The van der Waals surface area contributed by atoms with Crippen molar-refractivity contribution in [2.24, 2.45) is 0 Å². The van der Waals surface area contributed by atoms with Gasteiger partial charge in [0.2, 0.25) is 0 Å². The van der Waals surface area contributed by atoms with Crippen molar-refractivity contribution in [2.75, 3.05) is 36.4 Å². The minimum absolute atomic E-state index is 0.314. The maximum absolute atomic E-state index is 12.7. The van der Waals surface area contributed by atoms with Crippen molar-refractivity contribution in [1.82, 2.24) is 19.9 Å². The largest absolute Gasteiger partial charge is 0.573 e. The van der Waals surface area contributed by atoms with Crippen molar-refractivity contribution in [3.8, 4) is 5.75 Å². The van der Waals surface area contributed by atoms with Crippen LogP contribution in [-0.4, -0.2) is 58.4 Å². The highest BCUT2D eigenvalue weighted by Gasteiger charge is 2.31. The average Bonchev–Trinajstić information content (AvgIpc) is 3.67. The lowest BCUT2D eigenvalue weighted by molar-refractivity contribution is -0.274. The lowest BCUT2D eigenvalue weighted by Gasteiger charge is -2.35. The molecular weight excluding hydrogens is 497 g/mol. The zero-order valence-electron chi connectivity index (χ0n) is 20.4. The van der Waals surface area contributed by atoms with Crippen LogP contribution in [-0.2, 0) is 6.42 Å². The molecule has 196 valence electrons. The number of rotatable bonds is 5. The summed E-state index contributed by atoms with van der Waals surface area (Å²) < 4.78 is 40.9. The summed E-state index contributed by atoms with van der Waals surface area (Å²) in [5.74, 6) is 1.13. The fraction of sp³-hybridized carbons (Fsp3) is 0.333. The van der Waals surface area contributed by atoms with Crippen LogP contribution in [0.1, 0.15) is 41.3 Å². The smallest absolute Gasteiger partial charge is 0.406 e. The van der Waals surface area contributed by atoms with Gasteiger partial charge in [-0.05, 0) is 60.4 Å². The second kappa shape index (κ2) is 9.62. The Morgan fingerprint density at radius 1 is 0.974 bits per heavy atom. The summed E-state index contributed by atoms with van der Waals surface area (Å²) in [6.07, 6.45) is 4.10. The second-order valence-corrected chi connectivity index (χ2v) is 9.63. The third kappa shape index (κ3) is 5.27. The Bertz CT molecular complexity index is 1360. The monoisotopic (exact) mass is 522 g/mol. The number of nitrogens with one attached hydrogen (secondary N) is 1. The number of ether oxygens (including phenoxy) is 1. The van der Waals surface area contributed by atoms with Crippen molar-refractivity contribution < 1.29 is 22.7 Å².